The molecule has 0 unspecified atom stereocenters. The van der Waals surface area contributed by atoms with Gasteiger partial charge in [-0.25, -0.2) is 4.79 Å². The number of amides is 3. The van der Waals surface area contributed by atoms with Crippen molar-refractivity contribution in [3.63, 3.8) is 0 Å². The molecule has 2 aromatic rings. The number of fused-ring (bicyclic) bond motifs is 2. The molecule has 9 nitrogen and oxygen atoms in total. The number of nitrogens with two attached hydrogens (primary N) is 1. The van der Waals surface area contributed by atoms with Crippen LogP contribution in [0, 0.1) is 17.8 Å². The van der Waals surface area contributed by atoms with Crippen molar-refractivity contribution in [2.24, 2.45) is 5.73 Å². The number of carbonyl (C=O) groups is 4. The third-order valence-corrected chi connectivity index (χ3v) is 4.10. The largest absolute Gasteiger partial charge is 0.478 e. The van der Waals surface area contributed by atoms with E-state index in [9.17, 15) is 24.3 Å². The first-order chi connectivity index (χ1) is 13.3. The summed E-state index contributed by atoms with van der Waals surface area (Å²) in [5, 5.41) is 22.5. The maximum atomic E-state index is 12.3. The molecule has 1 aliphatic rings. The van der Waals surface area contributed by atoms with Crippen LogP contribution in [0.3, 0.4) is 0 Å². The number of primary amides is 1. The summed E-state index contributed by atoms with van der Waals surface area (Å²) in [6, 6.07) is 7.59. The molecule has 2 bridgehead atoms. The SMILES string of the molecule is C#Cc1ccccc1NC(=N)c1cc(C(N)=O)c2c(C(=O)O)c1C(=O)NC2=O. The molecule has 1 aliphatic heterocycles. The zero-order valence-corrected chi connectivity index (χ0v) is 14.1. The van der Waals surface area contributed by atoms with Gasteiger partial charge in [-0.15, -0.1) is 6.42 Å². The van der Waals surface area contributed by atoms with Crippen molar-refractivity contribution in [2.45, 2.75) is 0 Å². The smallest absolute Gasteiger partial charge is 0.337 e. The highest BCUT2D eigenvalue weighted by molar-refractivity contribution is 6.29. The first-order valence-corrected chi connectivity index (χ1v) is 7.77. The van der Waals surface area contributed by atoms with Gasteiger partial charge in [-0.2, -0.15) is 0 Å². The highest BCUT2D eigenvalue weighted by atomic mass is 16.4. The monoisotopic (exact) mass is 376 g/mol. The van der Waals surface area contributed by atoms with Crippen LogP contribution in [0.1, 0.15) is 52.6 Å². The average molecular weight is 376 g/mol. The standard InChI is InChI=1S/C19H12N4O5/c1-2-8-5-3-4-6-11(8)22-15(20)9-7-10(16(21)24)13-14(19(27)28)12(9)17(25)23-18(13)26/h1,3-7H,(H2,20,22)(H2,21,24)(H,27,28)(H,23,25,26). The molecular weight excluding hydrogens is 364 g/mol. The molecule has 0 aliphatic carbocycles. The molecule has 0 fully saturated rings. The van der Waals surface area contributed by atoms with E-state index in [0.717, 1.165) is 6.07 Å². The number of amidine groups is 1. The molecular formula is C19H12N4O5. The molecule has 3 amide bonds. The van der Waals surface area contributed by atoms with Gasteiger partial charge < -0.3 is 16.2 Å². The van der Waals surface area contributed by atoms with Gasteiger partial charge in [-0.3, -0.25) is 25.1 Å². The van der Waals surface area contributed by atoms with Crippen LogP contribution in [0.4, 0.5) is 5.69 Å². The zero-order chi connectivity index (χ0) is 20.6. The van der Waals surface area contributed by atoms with Crippen molar-refractivity contribution in [1.82, 2.24) is 5.32 Å². The number of carboxylic acid groups (broad SMARTS) is 1. The number of rotatable bonds is 4. The number of aromatic carboxylic acids is 1. The van der Waals surface area contributed by atoms with Gasteiger partial charge in [-0.1, -0.05) is 18.1 Å². The second-order valence-corrected chi connectivity index (χ2v) is 5.74. The molecule has 0 saturated carbocycles. The first kappa shape index (κ1) is 18.3. The van der Waals surface area contributed by atoms with Gasteiger partial charge in [0.15, 0.2) is 0 Å². The molecule has 1 heterocycles. The van der Waals surface area contributed by atoms with Crippen LogP contribution in [-0.2, 0) is 0 Å². The third kappa shape index (κ3) is 2.85. The minimum Gasteiger partial charge on any atom is -0.478 e. The Kier molecular flexibility index (Phi) is 4.39. The highest BCUT2D eigenvalue weighted by Crippen LogP contribution is 2.28. The predicted octanol–water partition coefficient (Wildman–Crippen LogP) is 0.786. The summed E-state index contributed by atoms with van der Waals surface area (Å²) in [7, 11) is 0. The maximum absolute atomic E-state index is 12.3. The summed E-state index contributed by atoms with van der Waals surface area (Å²) in [4.78, 5) is 47.9. The van der Waals surface area contributed by atoms with Gasteiger partial charge in [-0.05, 0) is 18.2 Å². The molecule has 0 saturated heterocycles. The number of carboxylic acids is 1. The van der Waals surface area contributed by atoms with Gasteiger partial charge in [0.2, 0.25) is 5.91 Å². The Bertz CT molecular complexity index is 1140. The van der Waals surface area contributed by atoms with E-state index in [1.54, 1.807) is 24.3 Å². The lowest BCUT2D eigenvalue weighted by Gasteiger charge is -2.23. The third-order valence-electron chi connectivity index (χ3n) is 4.10. The number of carbonyl (C=O) groups excluding carboxylic acids is 3. The van der Waals surface area contributed by atoms with E-state index in [1.165, 1.54) is 0 Å². The topological polar surface area (TPSA) is 162 Å². The number of hydrogen-bond acceptors (Lipinski definition) is 5. The Morgan fingerprint density at radius 2 is 1.75 bits per heavy atom. The molecule has 138 valence electrons. The Morgan fingerprint density at radius 1 is 1.14 bits per heavy atom. The van der Waals surface area contributed by atoms with E-state index in [-0.39, 0.29) is 5.56 Å². The van der Waals surface area contributed by atoms with Crippen LogP contribution in [-0.4, -0.2) is 34.6 Å². The summed E-state index contributed by atoms with van der Waals surface area (Å²) in [6.45, 7) is 0. The number of benzene rings is 2. The molecule has 0 radical (unpaired) electrons. The van der Waals surface area contributed by atoms with Crippen molar-refractivity contribution in [3.05, 3.63) is 63.7 Å². The molecule has 2 aromatic carbocycles. The normalized spacial score (nSPS) is 12.0. The first-order valence-electron chi connectivity index (χ1n) is 7.77. The predicted molar refractivity (Wildman–Crippen MR) is 98.5 cm³/mol. The summed E-state index contributed by atoms with van der Waals surface area (Å²) in [5.41, 5.74) is 3.80. The summed E-state index contributed by atoms with van der Waals surface area (Å²) in [5.74, 6) is -2.71. The van der Waals surface area contributed by atoms with Gasteiger partial charge in [0.25, 0.3) is 11.8 Å². The number of hydrogen-bond donors (Lipinski definition) is 5. The molecule has 0 spiro atoms. The molecule has 9 heteroatoms. The quantitative estimate of drug-likeness (QED) is 0.229. The number of imide groups is 1. The van der Waals surface area contributed by atoms with E-state index >= 15 is 0 Å². The summed E-state index contributed by atoms with van der Waals surface area (Å²) in [6.07, 6.45) is 5.41. The van der Waals surface area contributed by atoms with Gasteiger partial charge in [0.1, 0.15) is 5.84 Å². The number of nitrogens with one attached hydrogen (secondary N) is 3. The van der Waals surface area contributed by atoms with Gasteiger partial charge in [0.05, 0.1) is 27.9 Å². The van der Waals surface area contributed by atoms with Crippen molar-refractivity contribution in [2.75, 3.05) is 5.32 Å². The van der Waals surface area contributed by atoms with E-state index in [2.05, 4.69) is 11.2 Å². The lowest BCUT2D eigenvalue weighted by Crippen LogP contribution is -2.42. The lowest BCUT2D eigenvalue weighted by atomic mass is 9.87. The molecule has 0 atom stereocenters. The minimum atomic E-state index is -1.60. The number of para-hydroxylation sites is 1. The zero-order valence-electron chi connectivity index (χ0n) is 14.1. The van der Waals surface area contributed by atoms with E-state index in [1.807, 2.05) is 5.32 Å². The van der Waals surface area contributed by atoms with Crippen molar-refractivity contribution < 1.29 is 24.3 Å². The van der Waals surface area contributed by atoms with Crippen molar-refractivity contribution in [3.8, 4) is 12.3 Å². The van der Waals surface area contributed by atoms with Crippen LogP contribution in [0.15, 0.2) is 30.3 Å². The summed E-state index contributed by atoms with van der Waals surface area (Å²) < 4.78 is 0. The highest BCUT2D eigenvalue weighted by Gasteiger charge is 2.37. The molecule has 6 N–H and O–H groups in total. The van der Waals surface area contributed by atoms with Gasteiger partial charge in [0, 0.05) is 11.1 Å². The van der Waals surface area contributed by atoms with Crippen LogP contribution >= 0.6 is 0 Å². The second-order valence-electron chi connectivity index (χ2n) is 5.74. The minimum absolute atomic E-state index is 0.216. The summed E-state index contributed by atoms with van der Waals surface area (Å²) >= 11 is 0. The van der Waals surface area contributed by atoms with E-state index in [0.29, 0.717) is 11.3 Å². The maximum Gasteiger partial charge on any atom is 0.337 e. The molecule has 28 heavy (non-hydrogen) atoms. The fourth-order valence-electron chi connectivity index (χ4n) is 2.91. The van der Waals surface area contributed by atoms with Crippen LogP contribution in [0.5, 0.6) is 0 Å². The van der Waals surface area contributed by atoms with E-state index < -0.39 is 51.8 Å². The lowest BCUT2D eigenvalue weighted by molar-refractivity contribution is 0.0675. The average Bonchev–Trinajstić information content (AvgIpc) is 2.65. The van der Waals surface area contributed by atoms with Gasteiger partial charge >= 0.3 is 5.97 Å². The van der Waals surface area contributed by atoms with Crippen LogP contribution in [0.25, 0.3) is 0 Å². The molecule has 3 rings (SSSR count). The fraction of sp³-hybridized carbons (Fsp3) is 0. The van der Waals surface area contributed by atoms with Crippen molar-refractivity contribution in [1.29, 1.82) is 5.41 Å². The molecule has 0 aromatic heterocycles. The van der Waals surface area contributed by atoms with Crippen molar-refractivity contribution >= 4 is 35.2 Å². The Hall–Kier alpha value is -4.45. The Labute approximate surface area is 158 Å². The Morgan fingerprint density at radius 3 is 2.32 bits per heavy atom. The number of anilines is 1. The Balaban J connectivity index is 2.25. The van der Waals surface area contributed by atoms with Crippen LogP contribution < -0.4 is 16.4 Å². The second kappa shape index (κ2) is 6.69. The number of terminal acetylenes is 1. The van der Waals surface area contributed by atoms with E-state index in [4.69, 9.17) is 17.6 Å². The van der Waals surface area contributed by atoms with Crippen LogP contribution in [0.2, 0.25) is 0 Å². The fourth-order valence-corrected chi connectivity index (χ4v) is 2.91.